The van der Waals surface area contributed by atoms with Gasteiger partial charge >= 0.3 is 6.18 Å². The van der Waals surface area contributed by atoms with E-state index in [0.29, 0.717) is 25.1 Å². The summed E-state index contributed by atoms with van der Waals surface area (Å²) in [5.41, 5.74) is -3.49. The highest BCUT2D eigenvalue weighted by Gasteiger charge is 2.74. The van der Waals surface area contributed by atoms with Crippen LogP contribution in [-0.2, 0) is 4.79 Å². The number of piperidine rings is 1. The van der Waals surface area contributed by atoms with Crippen LogP contribution in [-0.4, -0.2) is 40.6 Å². The summed E-state index contributed by atoms with van der Waals surface area (Å²) in [5, 5.41) is 14.5. The molecule has 0 N–H and O–H groups in total. The van der Waals surface area contributed by atoms with Crippen LogP contribution in [0.2, 0.25) is 0 Å². The number of halogens is 5. The van der Waals surface area contributed by atoms with Crippen molar-refractivity contribution in [1.29, 1.82) is 5.26 Å². The summed E-state index contributed by atoms with van der Waals surface area (Å²) in [4.78, 5) is 18.2. The summed E-state index contributed by atoms with van der Waals surface area (Å²) in [5.74, 6) is -2.62. The van der Waals surface area contributed by atoms with Gasteiger partial charge in [-0.15, -0.1) is 0 Å². The van der Waals surface area contributed by atoms with Crippen LogP contribution in [0.5, 0.6) is 0 Å². The normalized spacial score (nSPS) is 28.0. The van der Waals surface area contributed by atoms with E-state index in [1.807, 2.05) is 24.0 Å². The fourth-order valence-electron chi connectivity index (χ4n) is 6.21. The van der Waals surface area contributed by atoms with Gasteiger partial charge in [0, 0.05) is 15.8 Å². The molecule has 2 saturated heterocycles. The fourth-order valence-corrected chi connectivity index (χ4v) is 6.57. The van der Waals surface area contributed by atoms with Crippen molar-refractivity contribution in [2.45, 2.75) is 57.0 Å². The molecule has 5 rings (SSSR count). The maximum atomic E-state index is 14.7. The molecule has 2 fully saturated rings. The van der Waals surface area contributed by atoms with Gasteiger partial charge in [0.25, 0.3) is 5.91 Å². The molecular formula is C26H24F4IN5O. The van der Waals surface area contributed by atoms with E-state index >= 15 is 0 Å². The number of benzene rings is 2. The molecule has 0 aliphatic carbocycles. The molecule has 194 valence electrons. The molecule has 0 radical (unpaired) electrons. The van der Waals surface area contributed by atoms with Gasteiger partial charge in [-0.2, -0.15) is 23.5 Å². The Morgan fingerprint density at radius 2 is 1.84 bits per heavy atom. The smallest absolute Gasteiger partial charge is 0.290 e. The zero-order valence-electron chi connectivity index (χ0n) is 20.2. The largest absolute Gasteiger partial charge is 0.431 e. The summed E-state index contributed by atoms with van der Waals surface area (Å²) < 4.78 is 58.5. The van der Waals surface area contributed by atoms with Crippen molar-refractivity contribution >= 4 is 45.6 Å². The Kier molecular flexibility index (Phi) is 6.26. The molecule has 2 aromatic rings. The monoisotopic (exact) mass is 625 g/mol. The number of anilines is 2. The van der Waals surface area contributed by atoms with Crippen molar-refractivity contribution in [3.63, 3.8) is 0 Å². The molecule has 3 atom stereocenters. The Morgan fingerprint density at radius 1 is 1.16 bits per heavy atom. The summed E-state index contributed by atoms with van der Waals surface area (Å²) in [6, 6.07) is 12.5. The first-order chi connectivity index (χ1) is 17.5. The molecule has 2 aromatic carbocycles. The molecule has 11 heteroatoms. The molecule has 6 nitrogen and oxygen atoms in total. The Hall–Kier alpha value is -2.72. The summed E-state index contributed by atoms with van der Waals surface area (Å²) in [7, 11) is 0. The summed E-state index contributed by atoms with van der Waals surface area (Å²) in [6.07, 6.45) is -2.73. The van der Waals surface area contributed by atoms with E-state index in [1.54, 1.807) is 30.0 Å². The van der Waals surface area contributed by atoms with E-state index in [-0.39, 0.29) is 17.7 Å². The van der Waals surface area contributed by atoms with Gasteiger partial charge < -0.3 is 0 Å². The van der Waals surface area contributed by atoms with Crippen LogP contribution >= 0.6 is 22.6 Å². The quantitative estimate of drug-likeness (QED) is 0.310. The molecule has 1 spiro atoms. The number of carbonyl (C=O) groups is 1. The number of hydrazone groups is 1. The molecular weight excluding hydrogens is 601 g/mol. The second-order valence-electron chi connectivity index (χ2n) is 9.70. The number of alkyl halides is 3. The molecule has 3 aliphatic rings. The van der Waals surface area contributed by atoms with Crippen LogP contribution in [0.3, 0.4) is 0 Å². The molecule has 0 saturated carbocycles. The van der Waals surface area contributed by atoms with Crippen LogP contribution in [0, 0.1) is 26.6 Å². The number of rotatable bonds is 3. The predicted molar refractivity (Wildman–Crippen MR) is 139 cm³/mol. The summed E-state index contributed by atoms with van der Waals surface area (Å²) >= 11 is 2.16. The van der Waals surface area contributed by atoms with Gasteiger partial charge in [-0.3, -0.25) is 9.69 Å². The second kappa shape index (κ2) is 8.94. The number of nitriles is 1. The maximum absolute atomic E-state index is 14.7. The van der Waals surface area contributed by atoms with Crippen molar-refractivity contribution in [2.75, 3.05) is 16.5 Å². The van der Waals surface area contributed by atoms with Gasteiger partial charge in [-0.05, 0) is 97.7 Å². The van der Waals surface area contributed by atoms with E-state index in [1.165, 1.54) is 6.07 Å². The molecule has 3 heterocycles. The highest BCUT2D eigenvalue weighted by atomic mass is 127. The zero-order valence-corrected chi connectivity index (χ0v) is 22.3. The van der Waals surface area contributed by atoms with Crippen molar-refractivity contribution in [3.05, 3.63) is 57.4 Å². The Labute approximate surface area is 225 Å². The predicted octanol–water partition coefficient (Wildman–Crippen LogP) is 6.01. The lowest BCUT2D eigenvalue weighted by molar-refractivity contribution is -0.127. The fraction of sp³-hybridized carbons (Fsp3) is 0.423. The Balaban J connectivity index is 1.79. The third-order valence-corrected chi connectivity index (χ3v) is 8.44. The van der Waals surface area contributed by atoms with Gasteiger partial charge in [0.1, 0.15) is 23.3 Å². The van der Waals surface area contributed by atoms with Gasteiger partial charge in [0.05, 0.1) is 17.2 Å². The molecule has 37 heavy (non-hydrogen) atoms. The highest BCUT2D eigenvalue weighted by Crippen LogP contribution is 2.56. The third kappa shape index (κ3) is 3.66. The van der Waals surface area contributed by atoms with Gasteiger partial charge in [0.15, 0.2) is 0 Å². The van der Waals surface area contributed by atoms with Crippen LogP contribution in [0.4, 0.5) is 28.9 Å². The van der Waals surface area contributed by atoms with Gasteiger partial charge in [0.2, 0.25) is 5.66 Å². The zero-order chi connectivity index (χ0) is 26.8. The first-order valence-corrected chi connectivity index (χ1v) is 13.1. The van der Waals surface area contributed by atoms with Crippen molar-refractivity contribution in [2.24, 2.45) is 11.0 Å². The topological polar surface area (TPSA) is 62.9 Å². The minimum absolute atomic E-state index is 0.00000656. The van der Waals surface area contributed by atoms with E-state index in [9.17, 15) is 27.6 Å². The lowest BCUT2D eigenvalue weighted by atomic mass is 9.83. The van der Waals surface area contributed by atoms with Crippen molar-refractivity contribution in [3.8, 4) is 6.07 Å². The van der Waals surface area contributed by atoms with Crippen LogP contribution < -0.4 is 9.91 Å². The second-order valence-corrected chi connectivity index (χ2v) is 10.9. The lowest BCUT2D eigenvalue weighted by Crippen LogP contribution is -2.66. The standard InChI is InChI=1S/C26H24F4IN5O/c1-3-20-22(26(28,29)30)33-36(19-10-11-21(27)16(14-19)15-32)25(20)23(37)35(18-8-6-17(31)7-9-18)24(2)12-4-5-13-34(24)25/h6-11,14,20H,3-5,12-13H2,1-2H3. The number of hydrogen-bond acceptors (Lipinski definition) is 5. The SMILES string of the molecule is CCC1C(C(F)(F)F)=NN(c2ccc(F)c(C#N)c2)C12C(=O)N(c1ccc(I)cc1)C1(C)CCCCN12. The molecule has 1 amide bonds. The molecule has 0 bridgehead atoms. The summed E-state index contributed by atoms with van der Waals surface area (Å²) in [6.45, 7) is 3.88. The molecule has 3 aliphatic heterocycles. The Bertz CT molecular complexity index is 1320. The number of nitrogens with zero attached hydrogens (tertiary/aromatic N) is 5. The number of fused-ring (bicyclic) bond motifs is 2. The lowest BCUT2D eigenvalue weighted by Gasteiger charge is -2.49. The number of amides is 1. The highest BCUT2D eigenvalue weighted by molar-refractivity contribution is 14.1. The van der Waals surface area contributed by atoms with E-state index in [2.05, 4.69) is 27.7 Å². The van der Waals surface area contributed by atoms with E-state index in [4.69, 9.17) is 0 Å². The first-order valence-electron chi connectivity index (χ1n) is 12.0. The number of hydrogen-bond donors (Lipinski definition) is 0. The Morgan fingerprint density at radius 3 is 2.46 bits per heavy atom. The van der Waals surface area contributed by atoms with Crippen LogP contribution in [0.15, 0.2) is 47.6 Å². The van der Waals surface area contributed by atoms with Crippen LogP contribution in [0.1, 0.15) is 45.1 Å². The van der Waals surface area contributed by atoms with Crippen molar-refractivity contribution < 1.29 is 22.4 Å². The average Bonchev–Trinajstić information content (AvgIpc) is 3.31. The first kappa shape index (κ1) is 25.9. The van der Waals surface area contributed by atoms with E-state index in [0.717, 1.165) is 27.1 Å². The van der Waals surface area contributed by atoms with Gasteiger partial charge in [-0.1, -0.05) is 6.92 Å². The maximum Gasteiger partial charge on any atom is 0.431 e. The molecule has 3 unspecified atom stereocenters. The van der Waals surface area contributed by atoms with Crippen molar-refractivity contribution in [1.82, 2.24) is 4.90 Å². The third-order valence-electron chi connectivity index (χ3n) is 7.72. The van der Waals surface area contributed by atoms with Crippen LogP contribution in [0.25, 0.3) is 0 Å². The molecule has 0 aromatic heterocycles. The van der Waals surface area contributed by atoms with Gasteiger partial charge in [-0.25, -0.2) is 14.3 Å². The van der Waals surface area contributed by atoms with E-state index < -0.39 is 40.9 Å². The minimum Gasteiger partial charge on any atom is -0.290 e. The average molecular weight is 625 g/mol. The number of carbonyl (C=O) groups excluding carboxylic acids is 1. The minimum atomic E-state index is -4.79.